The Morgan fingerprint density at radius 3 is 2.95 bits per heavy atom. The summed E-state index contributed by atoms with van der Waals surface area (Å²) in [6, 6.07) is 4.67. The minimum Gasteiger partial charge on any atom is -0.543 e. The maximum absolute atomic E-state index is 13.1. The Bertz CT molecular complexity index is 1450. The molecule has 2 amide bonds. The summed E-state index contributed by atoms with van der Waals surface area (Å²) in [4.78, 5) is 48.3. The summed E-state index contributed by atoms with van der Waals surface area (Å²) in [5.41, 5.74) is 6.79. The molecule has 0 spiro atoms. The number of nitrogen functional groups attached to an aromatic ring is 1. The number of thiazole rings is 1. The van der Waals surface area contributed by atoms with Crippen molar-refractivity contribution >= 4 is 57.4 Å². The van der Waals surface area contributed by atoms with Gasteiger partial charge >= 0.3 is 0 Å². The van der Waals surface area contributed by atoms with Gasteiger partial charge in [0.25, 0.3) is 17.5 Å². The highest BCUT2D eigenvalue weighted by atomic mass is 32.2. The lowest BCUT2D eigenvalue weighted by Crippen LogP contribution is -2.71. The minimum absolute atomic E-state index is 0.146. The zero-order valence-electron chi connectivity index (χ0n) is 19.1. The highest BCUT2D eigenvalue weighted by Crippen LogP contribution is 2.40. The number of carboxylic acids is 1. The Morgan fingerprint density at radius 1 is 1.38 bits per heavy atom. The minimum atomic E-state index is -1.46. The van der Waals surface area contributed by atoms with Crippen LogP contribution in [0.2, 0.25) is 0 Å². The standard InChI is InChI=1S/C22H21N7O6S2/c23-22-24-13(11-37-22)15(26-35-8-7-30)18(31)25-16-19(32)29-17(21(33)34)12(10-36-20(16)29)9-28-6-5-27-4-2-1-3-14(27)28/h1-6,11,16,20,30H,7-10H2,(H3-,23,24,25,31,33,34)/b26-15-/t16-,20+/m1/s1. The van der Waals surface area contributed by atoms with Gasteiger partial charge in [0.15, 0.2) is 10.8 Å². The van der Waals surface area contributed by atoms with E-state index >= 15 is 0 Å². The van der Waals surface area contributed by atoms with E-state index in [1.807, 2.05) is 45.8 Å². The van der Waals surface area contributed by atoms with Crippen molar-refractivity contribution in [3.8, 4) is 0 Å². The van der Waals surface area contributed by atoms with Crippen molar-refractivity contribution in [2.75, 3.05) is 24.7 Å². The van der Waals surface area contributed by atoms with Crippen molar-refractivity contribution in [2.24, 2.45) is 5.16 Å². The monoisotopic (exact) mass is 543 g/mol. The van der Waals surface area contributed by atoms with Crippen LogP contribution >= 0.6 is 23.1 Å². The van der Waals surface area contributed by atoms with Gasteiger partial charge in [0.05, 0.1) is 24.5 Å². The number of thioether (sulfide) groups is 1. The number of fused-ring (bicyclic) bond motifs is 2. The van der Waals surface area contributed by atoms with Crippen molar-refractivity contribution in [1.29, 1.82) is 0 Å². The number of hydrogen-bond donors (Lipinski definition) is 3. The number of nitrogens with one attached hydrogen (secondary N) is 1. The molecule has 0 aliphatic carbocycles. The van der Waals surface area contributed by atoms with Crippen molar-refractivity contribution in [3.05, 3.63) is 59.1 Å². The number of aliphatic carboxylic acids is 1. The molecule has 15 heteroatoms. The topological polar surface area (TPSA) is 179 Å². The van der Waals surface area contributed by atoms with Gasteiger partial charge in [-0.3, -0.25) is 14.5 Å². The van der Waals surface area contributed by atoms with Gasteiger partial charge in [-0.15, -0.1) is 23.1 Å². The second kappa shape index (κ2) is 10.2. The normalized spacial score (nSPS) is 19.5. The number of nitrogens with zero attached hydrogens (tertiary/aromatic N) is 5. The quantitative estimate of drug-likeness (QED) is 0.0912. The molecule has 37 heavy (non-hydrogen) atoms. The molecule has 0 unspecified atom stereocenters. The smallest absolute Gasteiger partial charge is 0.286 e. The lowest BCUT2D eigenvalue weighted by Gasteiger charge is -2.50. The van der Waals surface area contributed by atoms with E-state index in [2.05, 4.69) is 15.5 Å². The van der Waals surface area contributed by atoms with Gasteiger partial charge in [0.1, 0.15) is 42.7 Å². The number of oxime groups is 1. The number of nitrogens with two attached hydrogens (primary N) is 1. The maximum Gasteiger partial charge on any atom is 0.286 e. The number of amides is 2. The van der Waals surface area contributed by atoms with Crippen LogP contribution in [0.15, 0.2) is 58.6 Å². The summed E-state index contributed by atoms with van der Waals surface area (Å²) in [5.74, 6) is -2.46. The second-order valence-corrected chi connectivity index (χ2v) is 10.1. The van der Waals surface area contributed by atoms with E-state index < -0.39 is 29.2 Å². The lowest BCUT2D eigenvalue weighted by molar-refractivity contribution is -0.510. The lowest BCUT2D eigenvalue weighted by atomic mass is 10.0. The number of β-lactam (4-membered cyclic amide) rings is 1. The fraction of sp³-hybridized carbons (Fsp3) is 0.273. The fourth-order valence-electron chi connectivity index (χ4n) is 4.14. The van der Waals surface area contributed by atoms with Crippen LogP contribution in [0.1, 0.15) is 5.69 Å². The molecule has 0 bridgehead atoms. The van der Waals surface area contributed by atoms with E-state index in [1.54, 1.807) is 0 Å². The summed E-state index contributed by atoms with van der Waals surface area (Å²) < 4.78 is 3.79. The fourth-order valence-corrected chi connectivity index (χ4v) is 6.02. The number of aliphatic hydroxyl groups excluding tert-OH is 1. The van der Waals surface area contributed by atoms with E-state index in [0.717, 1.165) is 21.9 Å². The Balaban J connectivity index is 1.36. The number of aliphatic hydroxyl groups is 1. The van der Waals surface area contributed by atoms with E-state index in [0.29, 0.717) is 11.3 Å². The first-order valence-corrected chi connectivity index (χ1v) is 13.0. The predicted molar refractivity (Wildman–Crippen MR) is 131 cm³/mol. The Kier molecular flexibility index (Phi) is 6.82. The van der Waals surface area contributed by atoms with Crippen LogP contribution in [-0.4, -0.2) is 73.4 Å². The molecule has 3 aromatic rings. The van der Waals surface area contributed by atoms with Crippen LogP contribution in [0.5, 0.6) is 0 Å². The molecule has 13 nitrogen and oxygen atoms in total. The average Bonchev–Trinajstić information content (AvgIpc) is 3.50. The molecule has 0 radical (unpaired) electrons. The number of rotatable bonds is 9. The number of anilines is 1. The summed E-state index contributed by atoms with van der Waals surface area (Å²) in [6.45, 7) is -0.206. The molecule has 2 aliphatic rings. The molecule has 0 aromatic carbocycles. The molecule has 0 saturated carbocycles. The van der Waals surface area contributed by atoms with Gasteiger partial charge < -0.3 is 30.9 Å². The summed E-state index contributed by atoms with van der Waals surface area (Å²) in [6.07, 6.45) is 5.56. The van der Waals surface area contributed by atoms with E-state index in [4.69, 9.17) is 15.7 Å². The number of aromatic nitrogens is 3. The predicted octanol–water partition coefficient (Wildman–Crippen LogP) is -1.92. The Labute approximate surface area is 217 Å². The first-order chi connectivity index (χ1) is 17.9. The van der Waals surface area contributed by atoms with Crippen LogP contribution in [0, 0.1) is 0 Å². The van der Waals surface area contributed by atoms with Crippen molar-refractivity contribution < 1.29 is 33.8 Å². The molecule has 2 aliphatic heterocycles. The number of carboxylic acid groups (broad SMARTS) is 1. The molecule has 192 valence electrons. The highest BCUT2D eigenvalue weighted by Gasteiger charge is 2.53. The van der Waals surface area contributed by atoms with Crippen molar-refractivity contribution in [1.82, 2.24) is 19.8 Å². The molecule has 1 fully saturated rings. The number of hydrogen-bond acceptors (Lipinski definition) is 11. The summed E-state index contributed by atoms with van der Waals surface area (Å²) in [5, 5.41) is 28.5. The van der Waals surface area contributed by atoms with Gasteiger partial charge in [-0.2, -0.15) is 0 Å². The van der Waals surface area contributed by atoms with Gasteiger partial charge in [0, 0.05) is 22.8 Å². The summed E-state index contributed by atoms with van der Waals surface area (Å²) >= 11 is 2.43. The number of carbonyl (C=O) groups is 3. The van der Waals surface area contributed by atoms with Gasteiger partial charge in [0.2, 0.25) is 0 Å². The SMILES string of the molecule is Nc1nc(/C(=N/OCCO)C(=O)N[C@@H]2C(=O)N3C(C(=O)[O-])=C(Cn4cc[n+]5ccccc45)CS[C@@H]23)cs1. The van der Waals surface area contributed by atoms with Crippen molar-refractivity contribution in [2.45, 2.75) is 18.0 Å². The van der Waals surface area contributed by atoms with Crippen LogP contribution in [0.3, 0.4) is 0 Å². The number of carbonyl (C=O) groups excluding carboxylic acids is 3. The van der Waals surface area contributed by atoms with Crippen LogP contribution < -0.4 is 20.6 Å². The molecule has 2 atom stereocenters. The zero-order valence-corrected chi connectivity index (χ0v) is 20.8. The zero-order chi connectivity index (χ0) is 26.1. The highest BCUT2D eigenvalue weighted by molar-refractivity contribution is 8.00. The maximum atomic E-state index is 13.1. The second-order valence-electron chi connectivity index (χ2n) is 8.06. The largest absolute Gasteiger partial charge is 0.543 e. The third kappa shape index (κ3) is 4.63. The number of imidazole rings is 1. The van der Waals surface area contributed by atoms with Crippen LogP contribution in [-0.2, 0) is 25.8 Å². The van der Waals surface area contributed by atoms with Crippen molar-refractivity contribution in [3.63, 3.8) is 0 Å². The first kappa shape index (κ1) is 24.7. The van der Waals surface area contributed by atoms with E-state index in [1.165, 1.54) is 17.1 Å². The van der Waals surface area contributed by atoms with E-state index in [9.17, 15) is 19.5 Å². The third-order valence-corrected chi connectivity index (χ3v) is 7.79. The van der Waals surface area contributed by atoms with Gasteiger partial charge in [-0.05, 0) is 6.07 Å². The Morgan fingerprint density at radius 2 is 2.22 bits per heavy atom. The Hall–Kier alpha value is -3.95. The molecule has 1 saturated heterocycles. The molecular weight excluding hydrogens is 522 g/mol. The molecule has 5 heterocycles. The first-order valence-electron chi connectivity index (χ1n) is 11.0. The van der Waals surface area contributed by atoms with E-state index in [-0.39, 0.29) is 42.0 Å². The molecule has 4 N–H and O–H groups in total. The summed E-state index contributed by atoms with van der Waals surface area (Å²) in [7, 11) is 0. The third-order valence-electron chi connectivity index (χ3n) is 5.78. The molecule has 5 rings (SSSR count). The van der Waals surface area contributed by atoms with Crippen LogP contribution in [0.25, 0.3) is 5.65 Å². The molecule has 3 aromatic heterocycles. The van der Waals surface area contributed by atoms with Gasteiger partial charge in [-0.1, -0.05) is 11.2 Å². The number of pyridine rings is 1. The average molecular weight is 544 g/mol. The molecular formula is C22H21N7O6S2. The van der Waals surface area contributed by atoms with Crippen LogP contribution in [0.4, 0.5) is 5.13 Å². The van der Waals surface area contributed by atoms with Gasteiger partial charge in [-0.25, -0.2) is 14.0 Å².